The van der Waals surface area contributed by atoms with Crippen molar-refractivity contribution in [3.8, 4) is 6.07 Å². The number of hydrogen-bond donors (Lipinski definition) is 0. The van der Waals surface area contributed by atoms with E-state index in [0.717, 1.165) is 27.8 Å². The molecule has 0 fully saturated rings. The predicted molar refractivity (Wildman–Crippen MR) is 95.0 cm³/mol. The van der Waals surface area contributed by atoms with Crippen LogP contribution in [0.15, 0.2) is 88.7 Å². The van der Waals surface area contributed by atoms with Gasteiger partial charge < -0.3 is 0 Å². The molecule has 0 amide bonds. The van der Waals surface area contributed by atoms with Crippen LogP contribution in [0.1, 0.15) is 16.7 Å². The van der Waals surface area contributed by atoms with Gasteiger partial charge in [0.1, 0.15) is 6.07 Å². The Kier molecular flexibility index (Phi) is 3.49. The van der Waals surface area contributed by atoms with E-state index in [0.29, 0.717) is 0 Å². The SMILES string of the molecule is N#CC(=C1c2ccccc2Sc2ccccc21)c1ccccc1. The fourth-order valence-electron chi connectivity index (χ4n) is 2.93. The van der Waals surface area contributed by atoms with Crippen LogP contribution in [0.3, 0.4) is 0 Å². The molecule has 108 valence electrons. The fourth-order valence-corrected chi connectivity index (χ4v) is 4.02. The average Bonchev–Trinajstić information content (AvgIpc) is 2.62. The van der Waals surface area contributed by atoms with Crippen LogP contribution in [0.2, 0.25) is 0 Å². The van der Waals surface area contributed by atoms with E-state index in [4.69, 9.17) is 0 Å². The predicted octanol–water partition coefficient (Wildman–Crippen LogP) is 5.63. The maximum Gasteiger partial charge on any atom is 0.100 e. The Morgan fingerprint density at radius 2 is 1.22 bits per heavy atom. The Morgan fingerprint density at radius 1 is 0.696 bits per heavy atom. The molecular formula is C21H13NS. The van der Waals surface area contributed by atoms with E-state index in [1.807, 2.05) is 54.6 Å². The Balaban J connectivity index is 2.08. The molecule has 0 bridgehead atoms. The summed E-state index contributed by atoms with van der Waals surface area (Å²) in [5.41, 5.74) is 4.99. The van der Waals surface area contributed by atoms with Crippen LogP contribution in [0.4, 0.5) is 0 Å². The first-order valence-electron chi connectivity index (χ1n) is 7.45. The molecule has 0 saturated heterocycles. The summed E-state index contributed by atoms with van der Waals surface area (Å²) >= 11 is 1.77. The first-order chi connectivity index (χ1) is 11.4. The minimum atomic E-state index is 0.728. The van der Waals surface area contributed by atoms with Gasteiger partial charge in [0.05, 0.1) is 5.57 Å². The van der Waals surface area contributed by atoms with Crippen molar-refractivity contribution in [3.05, 3.63) is 95.6 Å². The lowest BCUT2D eigenvalue weighted by molar-refractivity contribution is 1.29. The quantitative estimate of drug-likeness (QED) is 0.425. The van der Waals surface area contributed by atoms with Gasteiger partial charge in [-0.05, 0) is 28.8 Å². The van der Waals surface area contributed by atoms with Crippen LogP contribution in [0.25, 0.3) is 11.1 Å². The third-order valence-corrected chi connectivity index (χ3v) is 5.11. The molecule has 1 heterocycles. The molecule has 2 heteroatoms. The van der Waals surface area contributed by atoms with E-state index in [-0.39, 0.29) is 0 Å². The van der Waals surface area contributed by atoms with Crippen molar-refractivity contribution >= 4 is 22.9 Å². The number of allylic oxidation sites excluding steroid dienone is 1. The van der Waals surface area contributed by atoms with Crippen molar-refractivity contribution in [1.29, 1.82) is 5.26 Å². The van der Waals surface area contributed by atoms with Crippen molar-refractivity contribution in [1.82, 2.24) is 0 Å². The summed E-state index contributed by atoms with van der Waals surface area (Å²) in [6.45, 7) is 0. The molecule has 0 saturated carbocycles. The number of nitriles is 1. The first kappa shape index (κ1) is 13.9. The number of hydrogen-bond acceptors (Lipinski definition) is 2. The monoisotopic (exact) mass is 311 g/mol. The standard InChI is InChI=1S/C21H13NS/c22-14-18(15-8-2-1-3-9-15)21-16-10-4-6-12-19(16)23-20-13-7-5-11-17(20)21/h1-13H. The fraction of sp³-hybridized carbons (Fsp3) is 0. The Labute approximate surface area is 139 Å². The average molecular weight is 311 g/mol. The number of benzene rings is 3. The second-order valence-electron chi connectivity index (χ2n) is 5.32. The van der Waals surface area contributed by atoms with Crippen LogP contribution in [-0.2, 0) is 0 Å². The molecule has 0 radical (unpaired) electrons. The van der Waals surface area contributed by atoms with Gasteiger partial charge in [-0.3, -0.25) is 0 Å². The lowest BCUT2D eigenvalue weighted by Gasteiger charge is -2.23. The zero-order valence-corrected chi connectivity index (χ0v) is 13.2. The van der Waals surface area contributed by atoms with Gasteiger partial charge >= 0.3 is 0 Å². The van der Waals surface area contributed by atoms with Crippen molar-refractivity contribution < 1.29 is 0 Å². The Bertz CT molecular complexity index is 901. The molecule has 0 aliphatic carbocycles. The molecule has 1 nitrogen and oxygen atoms in total. The highest BCUT2D eigenvalue weighted by Crippen LogP contribution is 2.47. The molecule has 23 heavy (non-hydrogen) atoms. The summed E-state index contributed by atoms with van der Waals surface area (Å²) in [7, 11) is 0. The molecule has 0 spiro atoms. The van der Waals surface area contributed by atoms with Crippen LogP contribution < -0.4 is 0 Å². The second kappa shape index (κ2) is 5.79. The van der Waals surface area contributed by atoms with Crippen molar-refractivity contribution in [2.45, 2.75) is 9.79 Å². The highest BCUT2D eigenvalue weighted by molar-refractivity contribution is 7.99. The van der Waals surface area contributed by atoms with Gasteiger partial charge in [0.2, 0.25) is 0 Å². The molecular weight excluding hydrogens is 298 g/mol. The maximum atomic E-state index is 9.87. The summed E-state index contributed by atoms with van der Waals surface area (Å²) in [6.07, 6.45) is 0. The zero-order valence-electron chi connectivity index (χ0n) is 12.4. The molecule has 3 aromatic rings. The summed E-state index contributed by atoms with van der Waals surface area (Å²) in [5, 5.41) is 9.87. The van der Waals surface area contributed by atoms with Gasteiger partial charge in [-0.25, -0.2) is 0 Å². The molecule has 0 N–H and O–H groups in total. The second-order valence-corrected chi connectivity index (χ2v) is 6.41. The smallest absolute Gasteiger partial charge is 0.100 e. The van der Waals surface area contributed by atoms with E-state index in [1.54, 1.807) is 11.8 Å². The highest BCUT2D eigenvalue weighted by atomic mass is 32.2. The third-order valence-electron chi connectivity index (χ3n) is 3.96. The van der Waals surface area contributed by atoms with Crippen LogP contribution in [-0.4, -0.2) is 0 Å². The normalized spacial score (nSPS) is 12.0. The van der Waals surface area contributed by atoms with Gasteiger partial charge in [-0.2, -0.15) is 5.26 Å². The van der Waals surface area contributed by atoms with Gasteiger partial charge in [0.15, 0.2) is 0 Å². The van der Waals surface area contributed by atoms with Crippen molar-refractivity contribution in [2.75, 3.05) is 0 Å². The molecule has 1 aliphatic heterocycles. The Morgan fingerprint density at radius 3 is 1.78 bits per heavy atom. The van der Waals surface area contributed by atoms with Gasteiger partial charge in [-0.1, -0.05) is 78.5 Å². The van der Waals surface area contributed by atoms with E-state index >= 15 is 0 Å². The highest BCUT2D eigenvalue weighted by Gasteiger charge is 2.23. The van der Waals surface area contributed by atoms with Crippen LogP contribution in [0.5, 0.6) is 0 Å². The summed E-state index contributed by atoms with van der Waals surface area (Å²) < 4.78 is 0. The van der Waals surface area contributed by atoms with Crippen molar-refractivity contribution in [3.63, 3.8) is 0 Å². The summed E-state index contributed by atoms with van der Waals surface area (Å²) in [4.78, 5) is 2.40. The molecule has 3 aromatic carbocycles. The minimum absolute atomic E-state index is 0.728. The van der Waals surface area contributed by atoms with Gasteiger partial charge in [0, 0.05) is 15.4 Å². The zero-order chi connectivity index (χ0) is 15.6. The summed E-state index contributed by atoms with van der Waals surface area (Å²) in [5.74, 6) is 0. The van der Waals surface area contributed by atoms with Gasteiger partial charge in [-0.15, -0.1) is 0 Å². The maximum absolute atomic E-state index is 9.87. The van der Waals surface area contributed by atoms with E-state index in [9.17, 15) is 5.26 Å². The number of fused-ring (bicyclic) bond motifs is 2. The lowest BCUT2D eigenvalue weighted by Crippen LogP contribution is -2.01. The van der Waals surface area contributed by atoms with Crippen LogP contribution in [0, 0.1) is 11.3 Å². The molecule has 1 aliphatic rings. The van der Waals surface area contributed by atoms with E-state index in [2.05, 4.69) is 30.3 Å². The van der Waals surface area contributed by atoms with E-state index in [1.165, 1.54) is 9.79 Å². The summed E-state index contributed by atoms with van der Waals surface area (Å²) in [6, 6.07) is 29.0. The number of nitrogens with zero attached hydrogens (tertiary/aromatic N) is 1. The molecule has 0 aromatic heterocycles. The van der Waals surface area contributed by atoms with E-state index < -0.39 is 0 Å². The topological polar surface area (TPSA) is 23.8 Å². The minimum Gasteiger partial charge on any atom is -0.192 e. The molecule has 4 rings (SSSR count). The molecule has 0 atom stereocenters. The first-order valence-corrected chi connectivity index (χ1v) is 8.26. The largest absolute Gasteiger partial charge is 0.192 e. The third kappa shape index (κ3) is 2.36. The van der Waals surface area contributed by atoms with Crippen molar-refractivity contribution in [2.24, 2.45) is 0 Å². The van der Waals surface area contributed by atoms with Crippen LogP contribution >= 0.6 is 11.8 Å². The van der Waals surface area contributed by atoms with Gasteiger partial charge in [0.25, 0.3) is 0 Å². The molecule has 0 unspecified atom stereocenters. The lowest BCUT2D eigenvalue weighted by atomic mass is 9.89. The Hall–Kier alpha value is -2.76. The number of rotatable bonds is 1.